The number of sulfonamides is 1. The fourth-order valence-electron chi connectivity index (χ4n) is 1.44. The molecule has 0 aliphatic rings. The summed E-state index contributed by atoms with van der Waals surface area (Å²) in [5.74, 6) is 0.0370. The summed E-state index contributed by atoms with van der Waals surface area (Å²) < 4.78 is 28.0. The molecule has 0 saturated carbocycles. The molecule has 5 nitrogen and oxygen atoms in total. The van der Waals surface area contributed by atoms with Gasteiger partial charge >= 0.3 is 0 Å². The minimum absolute atomic E-state index is 0.0370. The summed E-state index contributed by atoms with van der Waals surface area (Å²) in [7, 11) is -2.48. The van der Waals surface area contributed by atoms with E-state index in [1.54, 1.807) is 6.07 Å². The number of hydrogen-bond donors (Lipinski definition) is 1. The van der Waals surface area contributed by atoms with Gasteiger partial charge in [-0.25, -0.2) is 18.5 Å². The Hall–Kier alpha value is -1.14. The van der Waals surface area contributed by atoms with E-state index in [4.69, 9.17) is 9.88 Å². The Labute approximate surface area is 95.7 Å². The molecule has 16 heavy (non-hydrogen) atoms. The molecule has 0 atom stereocenters. The molecule has 1 aromatic heterocycles. The van der Waals surface area contributed by atoms with E-state index < -0.39 is 10.0 Å². The van der Waals surface area contributed by atoms with E-state index in [0.717, 1.165) is 0 Å². The van der Waals surface area contributed by atoms with Gasteiger partial charge in [0.05, 0.1) is 7.11 Å². The lowest BCUT2D eigenvalue weighted by Gasteiger charge is -2.22. The molecule has 0 aliphatic heterocycles. The van der Waals surface area contributed by atoms with Gasteiger partial charge in [-0.2, -0.15) is 0 Å². The van der Waals surface area contributed by atoms with Crippen molar-refractivity contribution in [3.8, 4) is 5.88 Å². The van der Waals surface area contributed by atoms with Gasteiger partial charge in [0.15, 0.2) is 0 Å². The Morgan fingerprint density at radius 2 is 1.94 bits per heavy atom. The zero-order chi connectivity index (χ0) is 12.6. The third-order valence-corrected chi connectivity index (χ3v) is 3.12. The van der Waals surface area contributed by atoms with Crippen molar-refractivity contribution >= 4 is 10.0 Å². The molecule has 0 fully saturated rings. The SMILES string of the molecule is COc1nccc(C(C)(C)C)c1S(N)(=O)=O. The molecular weight excluding hydrogens is 228 g/mol. The minimum Gasteiger partial charge on any atom is -0.480 e. The summed E-state index contributed by atoms with van der Waals surface area (Å²) in [5.41, 5.74) is 0.250. The van der Waals surface area contributed by atoms with Crippen LogP contribution in [-0.4, -0.2) is 20.5 Å². The Kier molecular flexibility index (Phi) is 3.25. The second-order valence-corrected chi connectivity index (χ2v) is 5.99. The third-order valence-electron chi connectivity index (χ3n) is 2.16. The van der Waals surface area contributed by atoms with Gasteiger partial charge < -0.3 is 4.74 Å². The molecule has 1 heterocycles. The zero-order valence-corrected chi connectivity index (χ0v) is 10.6. The lowest BCUT2D eigenvalue weighted by molar-refractivity contribution is 0.380. The van der Waals surface area contributed by atoms with Crippen molar-refractivity contribution in [2.45, 2.75) is 31.1 Å². The van der Waals surface area contributed by atoms with E-state index >= 15 is 0 Å². The van der Waals surface area contributed by atoms with E-state index in [1.807, 2.05) is 20.8 Å². The summed E-state index contributed by atoms with van der Waals surface area (Å²) in [6.45, 7) is 5.70. The van der Waals surface area contributed by atoms with Crippen LogP contribution < -0.4 is 9.88 Å². The number of aromatic nitrogens is 1. The van der Waals surface area contributed by atoms with Crippen LogP contribution in [0.3, 0.4) is 0 Å². The standard InChI is InChI=1S/C10H16N2O3S/c1-10(2,3)7-5-6-12-9(15-4)8(7)16(11,13)14/h5-6H,1-4H3,(H2,11,13,14). The maximum Gasteiger partial charge on any atom is 0.243 e. The second kappa shape index (κ2) is 4.03. The summed E-state index contributed by atoms with van der Waals surface area (Å²) in [4.78, 5) is 3.82. The van der Waals surface area contributed by atoms with Gasteiger partial charge in [-0.1, -0.05) is 20.8 Å². The van der Waals surface area contributed by atoms with Crippen molar-refractivity contribution in [1.29, 1.82) is 0 Å². The molecule has 2 N–H and O–H groups in total. The molecule has 0 amide bonds. The topological polar surface area (TPSA) is 82.3 Å². The summed E-state index contributed by atoms with van der Waals surface area (Å²) in [6, 6.07) is 1.64. The fraction of sp³-hybridized carbons (Fsp3) is 0.500. The highest BCUT2D eigenvalue weighted by molar-refractivity contribution is 7.89. The maximum atomic E-state index is 11.5. The van der Waals surface area contributed by atoms with E-state index in [2.05, 4.69) is 4.98 Å². The van der Waals surface area contributed by atoms with Crippen LogP contribution in [0.1, 0.15) is 26.3 Å². The average molecular weight is 244 g/mol. The molecular formula is C10H16N2O3S. The van der Waals surface area contributed by atoms with Gasteiger partial charge in [0, 0.05) is 6.20 Å². The minimum atomic E-state index is -3.85. The Morgan fingerprint density at radius 3 is 2.31 bits per heavy atom. The number of rotatable bonds is 2. The van der Waals surface area contributed by atoms with Crippen LogP contribution >= 0.6 is 0 Å². The lowest BCUT2D eigenvalue weighted by atomic mass is 9.88. The van der Waals surface area contributed by atoms with Crippen LogP contribution in [-0.2, 0) is 15.4 Å². The van der Waals surface area contributed by atoms with E-state index in [1.165, 1.54) is 13.3 Å². The van der Waals surface area contributed by atoms with E-state index in [0.29, 0.717) is 5.56 Å². The van der Waals surface area contributed by atoms with Crippen LogP contribution in [0.5, 0.6) is 5.88 Å². The number of nitrogens with zero attached hydrogens (tertiary/aromatic N) is 1. The summed E-state index contributed by atoms with van der Waals surface area (Å²) >= 11 is 0. The van der Waals surface area contributed by atoms with Crippen molar-refractivity contribution in [2.75, 3.05) is 7.11 Å². The Morgan fingerprint density at radius 1 is 1.38 bits per heavy atom. The third kappa shape index (κ3) is 2.51. The highest BCUT2D eigenvalue weighted by Gasteiger charge is 2.27. The maximum absolute atomic E-state index is 11.5. The molecule has 0 spiro atoms. The molecule has 0 aliphatic carbocycles. The first kappa shape index (κ1) is 12.9. The van der Waals surface area contributed by atoms with Gasteiger partial charge in [-0.05, 0) is 17.0 Å². The lowest BCUT2D eigenvalue weighted by Crippen LogP contribution is -2.22. The molecule has 0 aromatic carbocycles. The zero-order valence-electron chi connectivity index (χ0n) is 9.81. The number of nitrogens with two attached hydrogens (primary N) is 1. The van der Waals surface area contributed by atoms with Crippen LogP contribution in [0.25, 0.3) is 0 Å². The van der Waals surface area contributed by atoms with Crippen molar-refractivity contribution in [3.05, 3.63) is 17.8 Å². The molecule has 0 bridgehead atoms. The Balaban J connectivity index is 3.65. The molecule has 0 radical (unpaired) electrons. The monoisotopic (exact) mass is 244 g/mol. The van der Waals surface area contributed by atoms with E-state index in [-0.39, 0.29) is 16.2 Å². The van der Waals surface area contributed by atoms with Gasteiger partial charge in [0.25, 0.3) is 0 Å². The molecule has 6 heteroatoms. The number of ether oxygens (including phenoxy) is 1. The fourth-order valence-corrected chi connectivity index (χ4v) is 2.50. The van der Waals surface area contributed by atoms with Gasteiger partial charge in [-0.3, -0.25) is 0 Å². The number of methoxy groups -OCH3 is 1. The van der Waals surface area contributed by atoms with Crippen LogP contribution in [0.2, 0.25) is 0 Å². The van der Waals surface area contributed by atoms with Crippen LogP contribution in [0.4, 0.5) is 0 Å². The molecule has 1 aromatic rings. The van der Waals surface area contributed by atoms with Crippen molar-refractivity contribution in [1.82, 2.24) is 4.98 Å². The largest absolute Gasteiger partial charge is 0.480 e. The van der Waals surface area contributed by atoms with Crippen molar-refractivity contribution in [2.24, 2.45) is 5.14 Å². The van der Waals surface area contributed by atoms with Crippen LogP contribution in [0, 0.1) is 0 Å². The average Bonchev–Trinajstić information content (AvgIpc) is 2.13. The summed E-state index contributed by atoms with van der Waals surface area (Å²) in [5, 5.41) is 5.18. The van der Waals surface area contributed by atoms with Gasteiger partial charge in [0.2, 0.25) is 15.9 Å². The summed E-state index contributed by atoms with van der Waals surface area (Å²) in [6.07, 6.45) is 1.51. The van der Waals surface area contributed by atoms with Gasteiger partial charge in [-0.15, -0.1) is 0 Å². The smallest absolute Gasteiger partial charge is 0.243 e. The highest BCUT2D eigenvalue weighted by atomic mass is 32.2. The molecule has 0 unspecified atom stereocenters. The number of primary sulfonamides is 1. The first-order valence-electron chi connectivity index (χ1n) is 4.74. The normalized spacial score (nSPS) is 12.6. The Bertz CT molecular complexity index is 489. The number of pyridine rings is 1. The first-order chi connectivity index (χ1) is 7.18. The predicted octanol–water partition coefficient (Wildman–Crippen LogP) is 1.04. The van der Waals surface area contributed by atoms with E-state index in [9.17, 15) is 8.42 Å². The molecule has 90 valence electrons. The first-order valence-corrected chi connectivity index (χ1v) is 6.29. The quantitative estimate of drug-likeness (QED) is 0.842. The van der Waals surface area contributed by atoms with Crippen molar-refractivity contribution < 1.29 is 13.2 Å². The molecule has 1 rings (SSSR count). The molecule has 0 saturated heterocycles. The van der Waals surface area contributed by atoms with Crippen LogP contribution in [0.15, 0.2) is 17.2 Å². The second-order valence-electron chi connectivity index (χ2n) is 4.49. The predicted molar refractivity (Wildman–Crippen MR) is 60.9 cm³/mol. The highest BCUT2D eigenvalue weighted by Crippen LogP contribution is 2.32. The van der Waals surface area contributed by atoms with Gasteiger partial charge in [0.1, 0.15) is 4.90 Å². The number of hydrogen-bond acceptors (Lipinski definition) is 4. The van der Waals surface area contributed by atoms with Crippen molar-refractivity contribution in [3.63, 3.8) is 0 Å².